The van der Waals surface area contributed by atoms with Gasteiger partial charge in [-0.15, -0.1) is 0 Å². The Morgan fingerprint density at radius 1 is 0.514 bits per heavy atom. The molecular weight excluding hydrogens is 949 g/mol. The molecular formula is C67H106O2S2Ti. The van der Waals surface area contributed by atoms with E-state index >= 15 is 0 Å². The first kappa shape index (κ1) is 54.8. The SMILES string of the molecule is CC(C)CC12CC3CC(CC(C)C)(C1)CC(c1cc(C(C)(C)C)cc(C[S]4=[Ti]=[S](Cc5cc(C(C)(C)C)cc(C67CC8CC(CC(C)C)(C6)CC(C(C)C(C)C)(C8)C7)c5O)C5CCCCCC[C@@H]54)c1O)(C3)C2. The monoisotopic (exact) mass is 1050 g/mol. The molecule has 12 rings (SSSR count). The Morgan fingerprint density at radius 2 is 0.917 bits per heavy atom. The van der Waals surface area contributed by atoms with Gasteiger partial charge in [-0.1, -0.05) is 0 Å². The molecule has 2 N–H and O–H groups in total. The first-order chi connectivity index (χ1) is 33.6. The van der Waals surface area contributed by atoms with Gasteiger partial charge in [-0.2, -0.15) is 0 Å². The number of phenolic OH excluding ortho intramolecular Hbond substituents is 2. The molecule has 1 heterocycles. The maximum atomic E-state index is 13.3. The molecule has 402 valence electrons. The molecule has 10 unspecified atom stereocenters. The van der Waals surface area contributed by atoms with E-state index < -0.39 is 0 Å². The van der Waals surface area contributed by atoms with E-state index in [0.717, 1.165) is 45.3 Å². The predicted molar refractivity (Wildman–Crippen MR) is 309 cm³/mol. The van der Waals surface area contributed by atoms with Crippen molar-refractivity contribution < 1.29 is 25.7 Å². The molecule has 2 nitrogen and oxygen atoms in total. The molecule has 0 spiro atoms. The average Bonchev–Trinajstić information content (AvgIpc) is 3.51. The molecule has 2 aromatic carbocycles. The van der Waals surface area contributed by atoms with Crippen LogP contribution >= 0.6 is 15.9 Å². The zero-order valence-electron chi connectivity index (χ0n) is 49.0. The molecule has 11 atom stereocenters. The van der Waals surface area contributed by atoms with Gasteiger partial charge in [0.15, 0.2) is 0 Å². The van der Waals surface area contributed by atoms with Gasteiger partial charge in [0.1, 0.15) is 0 Å². The summed E-state index contributed by atoms with van der Waals surface area (Å²) in [6, 6.07) is 10.2. The van der Waals surface area contributed by atoms with Crippen molar-refractivity contribution in [2.45, 2.75) is 282 Å². The van der Waals surface area contributed by atoms with E-state index in [1.807, 2.05) is 0 Å². The molecule has 10 aliphatic rings. The number of rotatable bonds is 14. The number of phenols is 2. The van der Waals surface area contributed by atoms with Gasteiger partial charge in [-0.25, -0.2) is 0 Å². The van der Waals surface area contributed by atoms with Crippen LogP contribution in [0.15, 0.2) is 24.3 Å². The van der Waals surface area contributed by atoms with Gasteiger partial charge in [-0.05, 0) is 0 Å². The minimum absolute atomic E-state index is 0.0209. The zero-order valence-corrected chi connectivity index (χ0v) is 52.2. The van der Waals surface area contributed by atoms with Crippen LogP contribution in [0.2, 0.25) is 0 Å². The first-order valence-corrected chi connectivity index (χ1v) is 37.2. The fraction of sp³-hybridized carbons (Fsp3) is 0.821. The quantitative estimate of drug-likeness (QED) is 0.185. The van der Waals surface area contributed by atoms with E-state index in [1.165, 1.54) is 168 Å². The Kier molecular flexibility index (Phi) is 14.7. The van der Waals surface area contributed by atoms with Gasteiger partial charge >= 0.3 is 456 Å². The Morgan fingerprint density at radius 3 is 1.32 bits per heavy atom. The summed E-state index contributed by atoms with van der Waals surface area (Å²) in [6.07, 6.45) is 28.6. The van der Waals surface area contributed by atoms with Crippen molar-refractivity contribution in [3.8, 4) is 11.5 Å². The number of benzene rings is 2. The third kappa shape index (κ3) is 10.1. The van der Waals surface area contributed by atoms with Crippen LogP contribution in [0.4, 0.5) is 0 Å². The second-order valence-electron chi connectivity index (χ2n) is 32.1. The van der Waals surface area contributed by atoms with Crippen LogP contribution in [0.5, 0.6) is 11.5 Å². The molecule has 0 amide bonds. The van der Waals surface area contributed by atoms with Gasteiger partial charge in [0.2, 0.25) is 0 Å². The topological polar surface area (TPSA) is 40.5 Å². The summed E-state index contributed by atoms with van der Waals surface area (Å²) in [5.74, 6) is 8.75. The molecule has 72 heavy (non-hydrogen) atoms. The Bertz CT molecular complexity index is 2420. The second kappa shape index (κ2) is 19.4. The molecule has 0 radical (unpaired) electrons. The summed E-state index contributed by atoms with van der Waals surface area (Å²) in [5.41, 5.74) is 10.2. The second-order valence-corrected chi connectivity index (χ2v) is 43.6. The third-order valence-corrected chi connectivity index (χ3v) is 37.9. The van der Waals surface area contributed by atoms with Crippen molar-refractivity contribution in [3.05, 3.63) is 57.6 Å². The number of fused-ring (bicyclic) bond motifs is 1. The molecule has 8 bridgehead atoms. The summed E-state index contributed by atoms with van der Waals surface area (Å²) in [6.45, 7) is 37.1. The summed E-state index contributed by atoms with van der Waals surface area (Å²) >= 11 is -0.341. The van der Waals surface area contributed by atoms with E-state index in [2.05, 4.69) is 128 Å². The standard InChI is InChI=1S/C67H106O2S2.Ti/c1-43(2)26-62-29-48-30-63(37-62,27-44(3)4)40-66(33-48,39-62)54-24-52(60(10,11)12)22-50(58(54)68)35-70-56-20-18-16-17-19-21-57(56)71-36-51-23-53(61(13,14)15)25-55(59(51)69)67-34-49-31-64(41-67,28-45(5)6)38-65(32-49,42-67)47(9)46(7)8;/h22-25,43-49,56-57,68-69H,16-21,26-42H2,1-15H3;/t47?,48?,49?,56-,57?,62?,63?,64?,65?,66?,67?;/m0./s1. The Labute approximate surface area is 453 Å². The Balaban J connectivity index is 1.08. The molecule has 9 saturated carbocycles. The molecule has 1 aliphatic heterocycles. The van der Waals surface area contributed by atoms with Gasteiger partial charge in [0, 0.05) is 0 Å². The summed E-state index contributed by atoms with van der Waals surface area (Å²) in [7, 11) is 0.620. The number of hydrogen-bond acceptors (Lipinski definition) is 2. The molecule has 9 fully saturated rings. The van der Waals surface area contributed by atoms with Gasteiger partial charge < -0.3 is 0 Å². The fourth-order valence-electron chi connectivity index (χ4n) is 20.9. The van der Waals surface area contributed by atoms with Crippen molar-refractivity contribution in [1.82, 2.24) is 0 Å². The molecule has 0 saturated heterocycles. The van der Waals surface area contributed by atoms with Gasteiger partial charge in [-0.3, -0.25) is 0 Å². The average molecular weight is 1060 g/mol. The number of aromatic hydroxyl groups is 2. The molecule has 9 aliphatic carbocycles. The number of hydrogen-bond donors (Lipinski definition) is 2. The van der Waals surface area contributed by atoms with Gasteiger partial charge in [0.05, 0.1) is 0 Å². The van der Waals surface area contributed by atoms with E-state index in [-0.39, 0.29) is 37.1 Å². The van der Waals surface area contributed by atoms with Crippen molar-refractivity contribution in [1.29, 1.82) is 0 Å². The first-order valence-electron chi connectivity index (χ1n) is 30.5. The van der Waals surface area contributed by atoms with E-state index in [9.17, 15) is 10.2 Å². The van der Waals surface area contributed by atoms with Crippen LogP contribution < -0.4 is 0 Å². The zero-order chi connectivity index (χ0) is 51.8. The fourth-order valence-corrected chi connectivity index (χ4v) is 41.7. The summed E-state index contributed by atoms with van der Waals surface area (Å²) in [4.78, 5) is 0. The van der Waals surface area contributed by atoms with Crippen LogP contribution in [0.1, 0.15) is 272 Å². The van der Waals surface area contributed by atoms with Crippen LogP contribution in [0.3, 0.4) is 0 Å². The predicted octanol–water partition coefficient (Wildman–Crippen LogP) is 19.8. The van der Waals surface area contributed by atoms with Crippen molar-refractivity contribution in [2.24, 2.45) is 63.1 Å². The molecule has 0 aromatic heterocycles. The van der Waals surface area contributed by atoms with E-state index in [0.29, 0.717) is 67.2 Å². The summed E-state index contributed by atoms with van der Waals surface area (Å²) in [5, 5.41) is 28.1. The van der Waals surface area contributed by atoms with Crippen molar-refractivity contribution in [2.75, 3.05) is 0 Å². The normalized spacial score (nSPS) is 38.7. The summed E-state index contributed by atoms with van der Waals surface area (Å²) < 4.78 is 0. The van der Waals surface area contributed by atoms with E-state index in [4.69, 9.17) is 0 Å². The van der Waals surface area contributed by atoms with Crippen LogP contribution in [-0.2, 0) is 48.6 Å². The minimum atomic E-state index is -0.341. The third-order valence-electron chi connectivity index (χ3n) is 22.0. The molecule has 2 aromatic rings. The molecule has 5 heteroatoms. The maximum absolute atomic E-state index is 13.3. The van der Waals surface area contributed by atoms with Crippen molar-refractivity contribution >= 4 is 15.9 Å². The van der Waals surface area contributed by atoms with E-state index in [1.54, 1.807) is 0 Å². The van der Waals surface area contributed by atoms with Crippen LogP contribution in [-0.4, -0.2) is 20.7 Å². The van der Waals surface area contributed by atoms with Gasteiger partial charge in [0.25, 0.3) is 0 Å². The van der Waals surface area contributed by atoms with Crippen LogP contribution in [0.25, 0.3) is 0 Å². The van der Waals surface area contributed by atoms with Crippen LogP contribution in [0, 0.1) is 63.1 Å². The Hall–Kier alpha value is -0.546. The van der Waals surface area contributed by atoms with Crippen molar-refractivity contribution in [3.63, 3.8) is 0 Å².